The van der Waals surface area contributed by atoms with E-state index >= 15 is 0 Å². The van der Waals surface area contributed by atoms with Crippen LogP contribution in [0, 0.1) is 0 Å². The van der Waals surface area contributed by atoms with E-state index < -0.39 is 11.9 Å². The van der Waals surface area contributed by atoms with E-state index in [1.807, 2.05) is 0 Å². The Bertz CT molecular complexity index is 127. The summed E-state index contributed by atoms with van der Waals surface area (Å²) in [6.07, 6.45) is 0.769. The van der Waals surface area contributed by atoms with Crippen molar-refractivity contribution in [2.24, 2.45) is 0 Å². The second-order valence-electron chi connectivity index (χ2n) is 0.971. The largest absolute Gasteiger partial charge is 1.00 e. The van der Waals surface area contributed by atoms with Crippen LogP contribution in [-0.4, -0.2) is 17.4 Å². The molecule has 11 heavy (non-hydrogen) atoms. The van der Waals surface area contributed by atoms with E-state index in [1.54, 1.807) is 0 Å². The molecule has 7 heteroatoms. The fourth-order valence-corrected chi connectivity index (χ4v) is 0.136. The van der Waals surface area contributed by atoms with Gasteiger partial charge in [-0.1, -0.05) is 0 Å². The molecule has 0 aliphatic carbocycles. The molecule has 0 aromatic carbocycles. The van der Waals surface area contributed by atoms with Crippen molar-refractivity contribution in [2.45, 2.75) is 0 Å². The van der Waals surface area contributed by atoms with E-state index in [0.29, 0.717) is 12.2 Å². The average molecular weight is 146 g/mol. The zero-order valence-electron chi connectivity index (χ0n) is 6.29. The van der Waals surface area contributed by atoms with Gasteiger partial charge in [-0.3, -0.25) is 0 Å². The fourth-order valence-electron chi connectivity index (χ4n) is 0.136. The van der Waals surface area contributed by atoms with Gasteiger partial charge in [-0.15, -0.1) is 0 Å². The van der Waals surface area contributed by atoms with E-state index in [-0.39, 0.29) is 43.2 Å². The molecule has 0 aliphatic rings. The summed E-state index contributed by atoms with van der Waals surface area (Å²) in [5, 5.41) is 18.8. The molecule has 0 atom stereocenters. The minimum atomic E-state index is -1.55. The second kappa shape index (κ2) is 12.5. The minimum Gasteiger partial charge on any atom is -0.545 e. The normalized spacial score (nSPS) is 6.91. The van der Waals surface area contributed by atoms with Gasteiger partial charge in [0.1, 0.15) is 0 Å². The van der Waals surface area contributed by atoms with Gasteiger partial charge in [-0.05, 0) is 12.2 Å². The predicted octanol–water partition coefficient (Wildman–Crippen LogP) is -9.77. The summed E-state index contributed by atoms with van der Waals surface area (Å²) in [5.41, 5.74) is 0. The molecule has 52 valence electrons. The molecule has 0 saturated heterocycles. The van der Waals surface area contributed by atoms with Crippen molar-refractivity contribution in [2.75, 3.05) is 0 Å². The van der Waals surface area contributed by atoms with Gasteiger partial charge in [0.25, 0.3) is 0 Å². The second-order valence-corrected chi connectivity index (χ2v) is 0.971. The Hall–Kier alpha value is -0.165. The first-order chi connectivity index (χ1) is 3.63. The maximum absolute atomic E-state index is 9.41. The van der Waals surface area contributed by atoms with Crippen LogP contribution in [-0.2, 0) is 9.59 Å². The maximum atomic E-state index is 9.41. The number of carbonyl (C=O) groups excluding carboxylic acids is 2. The molecule has 0 heterocycles. The molecular weight excluding hydrogens is 142 g/mol. The summed E-state index contributed by atoms with van der Waals surface area (Å²) < 4.78 is 0. The van der Waals surface area contributed by atoms with Crippen molar-refractivity contribution >= 4 is 11.9 Å². The summed E-state index contributed by atoms with van der Waals surface area (Å²) in [5.74, 6) is -3.09. The molecular formula is C4H4Li2O5. The molecule has 0 spiro atoms. The van der Waals surface area contributed by atoms with Gasteiger partial charge in [-0.25, -0.2) is 0 Å². The Morgan fingerprint density at radius 1 is 0.909 bits per heavy atom. The van der Waals surface area contributed by atoms with Gasteiger partial charge >= 0.3 is 37.7 Å². The Balaban J connectivity index is -0.0000000817. The van der Waals surface area contributed by atoms with Crippen LogP contribution >= 0.6 is 0 Å². The maximum Gasteiger partial charge on any atom is 1.00 e. The Morgan fingerprint density at radius 3 is 1.18 bits per heavy atom. The Kier molecular flexibility index (Phi) is 25.5. The van der Waals surface area contributed by atoms with Crippen molar-refractivity contribution in [3.8, 4) is 0 Å². The van der Waals surface area contributed by atoms with Crippen LogP contribution in [0.3, 0.4) is 0 Å². The molecule has 0 amide bonds. The monoisotopic (exact) mass is 146 g/mol. The fraction of sp³-hybridized carbons (Fsp3) is 0. The van der Waals surface area contributed by atoms with E-state index in [1.165, 1.54) is 0 Å². The molecule has 2 N–H and O–H groups in total. The molecule has 0 bridgehead atoms. The number of hydrogen-bond acceptors (Lipinski definition) is 4. The molecule has 0 aromatic rings. The first kappa shape index (κ1) is 22.4. The van der Waals surface area contributed by atoms with Gasteiger partial charge in [0.15, 0.2) is 0 Å². The van der Waals surface area contributed by atoms with Gasteiger partial charge in [-0.2, -0.15) is 0 Å². The molecule has 0 aromatic heterocycles. The Labute approximate surface area is 87.1 Å². The molecule has 0 radical (unpaired) electrons. The zero-order chi connectivity index (χ0) is 6.57. The summed E-state index contributed by atoms with van der Waals surface area (Å²) in [7, 11) is 0. The van der Waals surface area contributed by atoms with Crippen LogP contribution in [0.25, 0.3) is 0 Å². The van der Waals surface area contributed by atoms with Gasteiger partial charge < -0.3 is 25.3 Å². The smallest absolute Gasteiger partial charge is 0.545 e. The first-order valence-corrected chi connectivity index (χ1v) is 1.73. The standard InChI is InChI=1S/C4H4O4.2Li.H2O/c5-3(6)1-2-4(7)8;;;/h1-2H,(H,5,6)(H,7,8);;;1H2/q;2*+1;/p-2/b2-1-;;;. The van der Waals surface area contributed by atoms with Gasteiger partial charge in [0.05, 0.1) is 11.9 Å². The van der Waals surface area contributed by atoms with Crippen molar-refractivity contribution < 1.29 is 63.0 Å². The van der Waals surface area contributed by atoms with Crippen molar-refractivity contribution in [3.05, 3.63) is 12.2 Å². The zero-order valence-corrected chi connectivity index (χ0v) is 6.29. The van der Waals surface area contributed by atoms with Crippen molar-refractivity contribution in [1.82, 2.24) is 0 Å². The molecule has 0 unspecified atom stereocenters. The molecule has 5 nitrogen and oxygen atoms in total. The van der Waals surface area contributed by atoms with E-state index in [9.17, 15) is 19.8 Å². The number of carboxylic acid groups (broad SMARTS) is 2. The summed E-state index contributed by atoms with van der Waals surface area (Å²) in [4.78, 5) is 18.8. The Morgan fingerprint density at radius 2 is 1.09 bits per heavy atom. The van der Waals surface area contributed by atoms with Crippen LogP contribution in [0.2, 0.25) is 0 Å². The number of rotatable bonds is 2. The number of hydrogen-bond donors (Lipinski definition) is 0. The minimum absolute atomic E-state index is 0. The number of aliphatic carboxylic acids is 2. The third-order valence-corrected chi connectivity index (χ3v) is 0.355. The molecule has 0 saturated carbocycles. The first-order valence-electron chi connectivity index (χ1n) is 1.73. The van der Waals surface area contributed by atoms with Gasteiger partial charge in [0.2, 0.25) is 0 Å². The van der Waals surface area contributed by atoms with E-state index in [4.69, 9.17) is 0 Å². The van der Waals surface area contributed by atoms with Gasteiger partial charge in [0, 0.05) is 0 Å². The predicted molar refractivity (Wildman–Crippen MR) is 22.8 cm³/mol. The summed E-state index contributed by atoms with van der Waals surface area (Å²) >= 11 is 0. The number of carbonyl (C=O) groups is 2. The SMILES string of the molecule is O.O=C([O-])/C=C\C(=O)[O-].[Li+].[Li+]. The summed E-state index contributed by atoms with van der Waals surface area (Å²) in [6.45, 7) is 0. The van der Waals surface area contributed by atoms with E-state index in [2.05, 4.69) is 0 Å². The average Bonchev–Trinajstić information content (AvgIpc) is 1.61. The van der Waals surface area contributed by atoms with Crippen LogP contribution in [0.1, 0.15) is 0 Å². The van der Waals surface area contributed by atoms with Crippen LogP contribution in [0.5, 0.6) is 0 Å². The topological polar surface area (TPSA) is 112 Å². The van der Waals surface area contributed by atoms with Crippen molar-refractivity contribution in [1.29, 1.82) is 0 Å². The summed E-state index contributed by atoms with van der Waals surface area (Å²) in [6, 6.07) is 0. The van der Waals surface area contributed by atoms with Crippen molar-refractivity contribution in [3.63, 3.8) is 0 Å². The van der Waals surface area contributed by atoms with E-state index in [0.717, 1.165) is 0 Å². The quantitative estimate of drug-likeness (QED) is 0.284. The third-order valence-electron chi connectivity index (χ3n) is 0.355. The molecule has 0 aliphatic heterocycles. The number of carboxylic acids is 2. The van der Waals surface area contributed by atoms with Crippen LogP contribution in [0.15, 0.2) is 12.2 Å². The third kappa shape index (κ3) is 25.8. The molecule has 0 rings (SSSR count). The molecule has 0 fully saturated rings. The van der Waals surface area contributed by atoms with Crippen LogP contribution in [0.4, 0.5) is 0 Å². The van der Waals surface area contributed by atoms with Crippen LogP contribution < -0.4 is 47.9 Å².